The fourth-order valence-electron chi connectivity index (χ4n) is 8.80. The lowest BCUT2D eigenvalue weighted by molar-refractivity contribution is -0.136. The van der Waals surface area contributed by atoms with E-state index in [0.29, 0.717) is 45.7 Å². The van der Waals surface area contributed by atoms with Crippen molar-refractivity contribution in [1.29, 1.82) is 5.26 Å². The topological polar surface area (TPSA) is 164 Å². The average Bonchev–Trinajstić information content (AvgIpc) is 3.53. The van der Waals surface area contributed by atoms with E-state index in [0.717, 1.165) is 83.6 Å². The molecule has 4 aliphatic heterocycles. The number of halogens is 2. The van der Waals surface area contributed by atoms with E-state index in [1.165, 1.54) is 11.0 Å². The highest BCUT2D eigenvalue weighted by Crippen LogP contribution is 2.31. The van der Waals surface area contributed by atoms with Crippen LogP contribution in [-0.4, -0.2) is 112 Å². The van der Waals surface area contributed by atoms with Crippen LogP contribution in [0.1, 0.15) is 88.9 Å². The Balaban J connectivity index is 0.756. The molecule has 1 saturated carbocycles. The number of fused-ring (bicyclic) bond motifs is 1. The fourth-order valence-corrected chi connectivity index (χ4v) is 9.01. The van der Waals surface area contributed by atoms with Gasteiger partial charge in [0.15, 0.2) is 11.5 Å². The molecule has 298 valence electrons. The van der Waals surface area contributed by atoms with Crippen LogP contribution in [0.4, 0.5) is 10.2 Å². The summed E-state index contributed by atoms with van der Waals surface area (Å²) < 4.78 is 21.4. The summed E-state index contributed by atoms with van der Waals surface area (Å²) in [5.41, 5.74) is 2.24. The first-order chi connectivity index (χ1) is 27.6. The number of rotatable bonds is 9. The van der Waals surface area contributed by atoms with Crippen molar-refractivity contribution in [3.8, 4) is 11.8 Å². The zero-order valence-electron chi connectivity index (χ0n) is 31.6. The van der Waals surface area contributed by atoms with Crippen LogP contribution < -0.4 is 20.3 Å². The molecule has 0 bridgehead atoms. The van der Waals surface area contributed by atoms with E-state index < -0.39 is 17.8 Å². The van der Waals surface area contributed by atoms with E-state index in [4.69, 9.17) is 21.6 Å². The lowest BCUT2D eigenvalue weighted by Crippen LogP contribution is -2.53. The predicted octanol–water partition coefficient (Wildman–Crippen LogP) is 3.81. The summed E-state index contributed by atoms with van der Waals surface area (Å²) in [5, 5.41) is 23.5. The van der Waals surface area contributed by atoms with Crippen LogP contribution >= 0.6 is 11.6 Å². The second-order valence-corrected chi connectivity index (χ2v) is 16.0. The average molecular weight is 798 g/mol. The quantitative estimate of drug-likeness (QED) is 0.303. The molecular weight excluding hydrogens is 753 g/mol. The second kappa shape index (κ2) is 16.7. The van der Waals surface area contributed by atoms with E-state index in [-0.39, 0.29) is 54.8 Å². The number of nitrogens with one attached hydrogen (secondary N) is 2. The summed E-state index contributed by atoms with van der Waals surface area (Å²) in [7, 11) is 0. The van der Waals surface area contributed by atoms with Gasteiger partial charge in [-0.2, -0.15) is 5.26 Å². The molecule has 3 saturated heterocycles. The highest BCUT2D eigenvalue weighted by Gasteiger charge is 2.40. The van der Waals surface area contributed by atoms with E-state index in [2.05, 4.69) is 35.5 Å². The molecule has 14 nitrogen and oxygen atoms in total. The lowest BCUT2D eigenvalue weighted by atomic mass is 9.93. The minimum atomic E-state index is -0.727. The summed E-state index contributed by atoms with van der Waals surface area (Å²) >= 11 is 6.14. The normalized spacial score (nSPS) is 23.5. The maximum Gasteiger partial charge on any atom is 0.272 e. The molecule has 3 aromatic rings. The third-order valence-electron chi connectivity index (χ3n) is 12.1. The third-order valence-corrected chi connectivity index (χ3v) is 12.4. The molecule has 0 radical (unpaired) electrons. The zero-order chi connectivity index (χ0) is 39.6. The largest absolute Gasteiger partial charge is 0.490 e. The maximum absolute atomic E-state index is 15.3. The van der Waals surface area contributed by atoms with Crippen molar-refractivity contribution in [1.82, 2.24) is 35.5 Å². The Morgan fingerprint density at radius 2 is 1.72 bits per heavy atom. The van der Waals surface area contributed by atoms with E-state index in [1.807, 2.05) is 12.1 Å². The molecule has 0 spiro atoms. The zero-order valence-corrected chi connectivity index (χ0v) is 32.3. The van der Waals surface area contributed by atoms with Crippen molar-refractivity contribution >= 4 is 41.0 Å². The molecule has 1 atom stereocenters. The molecular formula is C41H45ClFN9O5. The van der Waals surface area contributed by atoms with Crippen LogP contribution in [0.3, 0.4) is 0 Å². The number of hydrogen-bond donors (Lipinski definition) is 2. The first-order valence-corrected chi connectivity index (χ1v) is 20.2. The van der Waals surface area contributed by atoms with Gasteiger partial charge in [-0.3, -0.25) is 34.3 Å². The Kier molecular flexibility index (Phi) is 11.4. The smallest absolute Gasteiger partial charge is 0.272 e. The van der Waals surface area contributed by atoms with Crippen LogP contribution in [0.15, 0.2) is 42.5 Å². The Morgan fingerprint density at radius 1 is 0.947 bits per heavy atom. The van der Waals surface area contributed by atoms with Crippen LogP contribution in [0, 0.1) is 17.1 Å². The third kappa shape index (κ3) is 8.58. The number of nitriles is 1. The Morgan fingerprint density at radius 3 is 2.40 bits per heavy atom. The number of carbonyl (C=O) groups excluding carboxylic acids is 4. The molecule has 1 unspecified atom stereocenters. The summed E-state index contributed by atoms with van der Waals surface area (Å²) in [4.78, 5) is 58.5. The summed E-state index contributed by atoms with van der Waals surface area (Å²) in [5.74, 6) is -0.453. The molecule has 5 heterocycles. The van der Waals surface area contributed by atoms with Gasteiger partial charge in [-0.1, -0.05) is 11.6 Å². The number of ether oxygens (including phenoxy) is 1. The summed E-state index contributed by atoms with van der Waals surface area (Å²) in [6, 6.07) is 13.5. The monoisotopic (exact) mass is 797 g/mol. The maximum atomic E-state index is 15.3. The van der Waals surface area contributed by atoms with Gasteiger partial charge in [-0.15, -0.1) is 10.2 Å². The van der Waals surface area contributed by atoms with Gasteiger partial charge in [0.05, 0.1) is 16.7 Å². The Labute approximate surface area is 335 Å². The number of hydrogen-bond acceptors (Lipinski definition) is 11. The van der Waals surface area contributed by atoms with Gasteiger partial charge in [0.25, 0.3) is 11.8 Å². The van der Waals surface area contributed by atoms with Gasteiger partial charge >= 0.3 is 0 Å². The highest BCUT2D eigenvalue weighted by atomic mass is 35.5. The van der Waals surface area contributed by atoms with E-state index in [1.54, 1.807) is 30.3 Å². The Bertz CT molecular complexity index is 2070. The molecule has 1 aromatic heterocycles. The molecule has 57 heavy (non-hydrogen) atoms. The van der Waals surface area contributed by atoms with E-state index in [9.17, 15) is 19.2 Å². The molecule has 1 aliphatic carbocycles. The van der Waals surface area contributed by atoms with Gasteiger partial charge in [0.1, 0.15) is 23.7 Å². The van der Waals surface area contributed by atoms with Crippen molar-refractivity contribution in [3.63, 3.8) is 0 Å². The van der Waals surface area contributed by atoms with Gasteiger partial charge in [0, 0.05) is 88.1 Å². The fraction of sp³-hybridized carbons (Fsp3) is 0.488. The number of piperazine rings is 1. The lowest BCUT2D eigenvalue weighted by Gasteiger charge is -2.43. The van der Waals surface area contributed by atoms with Crippen LogP contribution in [0.25, 0.3) is 0 Å². The van der Waals surface area contributed by atoms with Gasteiger partial charge in [-0.05, 0) is 86.9 Å². The number of imide groups is 1. The number of carbonyl (C=O) groups is 4. The number of amides is 4. The van der Waals surface area contributed by atoms with Crippen molar-refractivity contribution in [2.24, 2.45) is 0 Å². The molecule has 8 rings (SSSR count). The van der Waals surface area contributed by atoms with Gasteiger partial charge in [-0.25, -0.2) is 4.39 Å². The predicted molar refractivity (Wildman–Crippen MR) is 207 cm³/mol. The summed E-state index contributed by atoms with van der Waals surface area (Å²) in [6.07, 6.45) is 5.54. The first-order valence-electron chi connectivity index (χ1n) is 19.8. The SMILES string of the molecule is N#Cc1ccc(O[C@H]2CC[C@H](NC(=O)c3ccc(N4CCC(N5CCN(Cc6cc7c(cc6F)C(=O)N(C6CCC(=O)NC6=O)C7)CC5)CC4)nn3)CC2)cc1Cl. The molecule has 2 N–H and O–H groups in total. The first kappa shape index (κ1) is 38.7. The van der Waals surface area contributed by atoms with E-state index >= 15 is 4.39 Å². The number of aromatic nitrogens is 2. The van der Waals surface area contributed by atoms with Gasteiger partial charge in [0.2, 0.25) is 11.8 Å². The number of nitrogens with zero attached hydrogens (tertiary/aromatic N) is 7. The van der Waals surface area contributed by atoms with Crippen LogP contribution in [-0.2, 0) is 22.7 Å². The van der Waals surface area contributed by atoms with Crippen molar-refractivity contribution in [2.75, 3.05) is 44.2 Å². The molecule has 2 aromatic carbocycles. The van der Waals surface area contributed by atoms with Crippen molar-refractivity contribution < 1.29 is 28.3 Å². The van der Waals surface area contributed by atoms with Crippen molar-refractivity contribution in [2.45, 2.75) is 88.7 Å². The standard InChI is InChI=1S/C41H45ClFN9O5/c42-33-20-31(4-1-25(33)22-44)57-30-5-2-28(3-6-30)45-39(54)35-7-9-37(48-47-35)51-13-11-29(12-14-51)50-17-15-49(16-18-50)23-27-19-26-24-52(41(56)32(26)21-34(27)43)36-8-10-38(53)46-40(36)55/h1,4,7,9,19-21,28-30,36H,2-3,5-6,8,10-18,23-24H2,(H,45,54)(H,46,53,55)/t28-,30-,36?. The van der Waals surface area contributed by atoms with Crippen molar-refractivity contribution in [3.05, 3.63) is 81.3 Å². The minimum Gasteiger partial charge on any atom is -0.490 e. The molecule has 5 aliphatic rings. The second-order valence-electron chi connectivity index (χ2n) is 15.6. The van der Waals surface area contributed by atoms with Gasteiger partial charge < -0.3 is 19.9 Å². The molecule has 4 fully saturated rings. The number of benzene rings is 2. The number of anilines is 1. The minimum absolute atomic E-state index is 0.0149. The number of piperidine rings is 2. The molecule has 16 heteroatoms. The molecule has 4 amide bonds. The Hall–Kier alpha value is -5.17. The summed E-state index contributed by atoms with van der Waals surface area (Å²) in [6.45, 7) is 5.70. The van der Waals surface area contributed by atoms with Crippen LogP contribution in [0.5, 0.6) is 5.75 Å². The van der Waals surface area contributed by atoms with Crippen LogP contribution in [0.2, 0.25) is 5.02 Å². The highest BCUT2D eigenvalue weighted by molar-refractivity contribution is 6.31.